The van der Waals surface area contributed by atoms with Crippen LogP contribution in [-0.4, -0.2) is 40.6 Å². The Bertz CT molecular complexity index is 1200. The molecule has 3 N–H and O–H groups in total. The molecular formula is C31H38N2O3S2. The van der Waals surface area contributed by atoms with Crippen LogP contribution in [0.2, 0.25) is 0 Å². The highest BCUT2D eigenvalue weighted by Crippen LogP contribution is 2.49. The van der Waals surface area contributed by atoms with Crippen molar-refractivity contribution < 1.29 is 14.6 Å². The summed E-state index contributed by atoms with van der Waals surface area (Å²) < 4.78 is 7.59. The van der Waals surface area contributed by atoms with Gasteiger partial charge < -0.3 is 20.5 Å². The minimum absolute atomic E-state index is 0.0548. The maximum Gasteiger partial charge on any atom is 0.233 e. The van der Waals surface area contributed by atoms with Gasteiger partial charge in [-0.3, -0.25) is 4.79 Å². The summed E-state index contributed by atoms with van der Waals surface area (Å²) >= 11 is 3.19. The molecule has 4 atom stereocenters. The molecule has 1 unspecified atom stereocenters. The third-order valence-corrected chi connectivity index (χ3v) is 10.0. The van der Waals surface area contributed by atoms with E-state index < -0.39 is 12.1 Å². The van der Waals surface area contributed by atoms with Crippen LogP contribution in [0, 0.1) is 0 Å². The summed E-state index contributed by atoms with van der Waals surface area (Å²) in [7, 11) is 0. The zero-order valence-electron chi connectivity index (χ0n) is 22.2. The topological polar surface area (TPSA) is 70.6 Å². The van der Waals surface area contributed by atoms with Crippen LogP contribution in [0.4, 0.5) is 0 Å². The third-order valence-electron chi connectivity index (χ3n) is 7.85. The average molecular weight is 551 g/mol. The fourth-order valence-electron chi connectivity index (χ4n) is 5.41. The summed E-state index contributed by atoms with van der Waals surface area (Å²) in [6.45, 7) is 4.48. The van der Waals surface area contributed by atoms with E-state index in [-0.39, 0.29) is 22.8 Å². The normalized spacial score (nSPS) is 20.0. The maximum atomic E-state index is 13.2. The van der Waals surface area contributed by atoms with E-state index in [1.54, 1.807) is 23.1 Å². The highest BCUT2D eigenvalue weighted by molar-refractivity contribution is 8.02. The lowest BCUT2D eigenvalue weighted by molar-refractivity contribution is -0.121. The van der Waals surface area contributed by atoms with Gasteiger partial charge in [0, 0.05) is 24.6 Å². The van der Waals surface area contributed by atoms with Gasteiger partial charge >= 0.3 is 0 Å². The van der Waals surface area contributed by atoms with Crippen molar-refractivity contribution in [3.63, 3.8) is 0 Å². The summed E-state index contributed by atoms with van der Waals surface area (Å²) in [5.74, 6) is 0.912. The molecule has 5 rings (SSSR count). The van der Waals surface area contributed by atoms with E-state index in [0.29, 0.717) is 13.0 Å². The predicted molar refractivity (Wildman–Crippen MR) is 156 cm³/mol. The Hall–Kier alpha value is -2.32. The smallest absolute Gasteiger partial charge is 0.233 e. The van der Waals surface area contributed by atoms with Crippen LogP contribution >= 0.6 is 23.1 Å². The molecule has 1 fully saturated rings. The number of hydrogen-bond acceptors (Lipinski definition) is 6. The predicted octanol–water partition coefficient (Wildman–Crippen LogP) is 5.92. The second kappa shape index (κ2) is 12.2. The number of aliphatic hydroxyl groups excluding tert-OH is 1. The van der Waals surface area contributed by atoms with Crippen LogP contribution in [0.25, 0.3) is 0 Å². The Morgan fingerprint density at radius 2 is 1.97 bits per heavy atom. The Kier molecular flexibility index (Phi) is 8.78. The zero-order chi connectivity index (χ0) is 26.5. The molecule has 38 heavy (non-hydrogen) atoms. The van der Waals surface area contributed by atoms with Gasteiger partial charge in [-0.25, -0.2) is 0 Å². The SMILES string of the molecule is CCc1ccc2c(c1)[C@@H](NC[C@H](O)[C@H](Cc1ccccc1)NC(=O)C(C)Sc1cccs1)CC1(CCC1)O2. The lowest BCUT2D eigenvalue weighted by Gasteiger charge is -2.48. The maximum absolute atomic E-state index is 13.2. The number of nitrogens with one attached hydrogen (secondary N) is 2. The van der Waals surface area contributed by atoms with Crippen molar-refractivity contribution in [3.8, 4) is 5.75 Å². The van der Waals surface area contributed by atoms with Gasteiger partial charge in [0.1, 0.15) is 11.4 Å². The van der Waals surface area contributed by atoms with E-state index in [1.165, 1.54) is 17.5 Å². The number of rotatable bonds is 11. The van der Waals surface area contributed by atoms with E-state index in [2.05, 4.69) is 35.8 Å². The number of carbonyl (C=O) groups excluding carboxylic acids is 1. The Balaban J connectivity index is 1.29. The minimum Gasteiger partial charge on any atom is -0.487 e. The van der Waals surface area contributed by atoms with Crippen LogP contribution < -0.4 is 15.4 Å². The third kappa shape index (κ3) is 6.45. The van der Waals surface area contributed by atoms with Crippen LogP contribution in [0.1, 0.15) is 62.3 Å². The van der Waals surface area contributed by atoms with E-state index in [1.807, 2.05) is 54.8 Å². The van der Waals surface area contributed by atoms with Crippen molar-refractivity contribution in [2.24, 2.45) is 0 Å². The minimum atomic E-state index is -0.740. The lowest BCUT2D eigenvalue weighted by atomic mass is 9.72. The number of fused-ring (bicyclic) bond motifs is 1. The summed E-state index contributed by atoms with van der Waals surface area (Å²) in [4.78, 5) is 13.2. The van der Waals surface area contributed by atoms with Crippen molar-refractivity contribution in [2.45, 2.75) is 85.6 Å². The quantitative estimate of drug-likeness (QED) is 0.259. The number of thioether (sulfide) groups is 1. The summed E-state index contributed by atoms with van der Waals surface area (Å²) in [6, 6.07) is 20.3. The van der Waals surface area contributed by atoms with Crippen LogP contribution in [-0.2, 0) is 17.6 Å². The molecule has 1 amide bonds. The van der Waals surface area contributed by atoms with Crippen molar-refractivity contribution in [3.05, 3.63) is 82.7 Å². The molecule has 0 radical (unpaired) electrons. The Morgan fingerprint density at radius 3 is 2.66 bits per heavy atom. The Labute approximate surface area is 234 Å². The molecule has 202 valence electrons. The molecule has 7 heteroatoms. The molecule has 1 aliphatic carbocycles. The monoisotopic (exact) mass is 550 g/mol. The van der Waals surface area contributed by atoms with Gasteiger partial charge in [0.05, 0.1) is 21.6 Å². The van der Waals surface area contributed by atoms with Crippen LogP contribution in [0.3, 0.4) is 0 Å². The molecule has 1 spiro atoms. The van der Waals surface area contributed by atoms with Gasteiger partial charge in [0.15, 0.2) is 0 Å². The van der Waals surface area contributed by atoms with Gasteiger partial charge in [-0.05, 0) is 67.7 Å². The number of thiophene rings is 1. The number of amides is 1. The second-order valence-corrected chi connectivity index (χ2v) is 13.2. The molecule has 2 heterocycles. The first-order valence-electron chi connectivity index (χ1n) is 13.7. The number of aliphatic hydroxyl groups is 1. The largest absolute Gasteiger partial charge is 0.487 e. The van der Waals surface area contributed by atoms with Gasteiger partial charge in [-0.15, -0.1) is 23.1 Å². The van der Waals surface area contributed by atoms with E-state index in [0.717, 1.165) is 41.2 Å². The van der Waals surface area contributed by atoms with Gasteiger partial charge in [0.2, 0.25) is 5.91 Å². The average Bonchev–Trinajstić information content (AvgIpc) is 3.43. The van der Waals surface area contributed by atoms with Crippen molar-refractivity contribution in [1.82, 2.24) is 10.6 Å². The van der Waals surface area contributed by atoms with Crippen LogP contribution in [0.5, 0.6) is 5.75 Å². The first kappa shape index (κ1) is 27.3. The number of hydrogen-bond donors (Lipinski definition) is 3. The standard InChI is InChI=1S/C31H38N2O3S2/c1-3-22-12-13-28-24(17-22)26(19-31(36-28)14-8-15-31)32-20-27(34)25(18-23-9-5-4-6-10-23)33-30(35)21(2)38-29-11-7-16-37-29/h4-7,9-13,16-17,21,25-27,32,34H,3,8,14-15,18-20H2,1-2H3,(H,33,35)/t21?,25-,26-,27-/m0/s1. The van der Waals surface area contributed by atoms with Crippen molar-refractivity contribution in [2.75, 3.05) is 6.54 Å². The van der Waals surface area contributed by atoms with Gasteiger partial charge in [-0.2, -0.15) is 0 Å². The van der Waals surface area contributed by atoms with E-state index >= 15 is 0 Å². The molecule has 3 aromatic rings. The molecule has 2 aliphatic rings. The molecule has 1 aliphatic heterocycles. The first-order chi connectivity index (χ1) is 18.4. The molecular weight excluding hydrogens is 512 g/mol. The molecule has 0 bridgehead atoms. The highest BCUT2D eigenvalue weighted by atomic mass is 32.2. The molecule has 2 aromatic carbocycles. The van der Waals surface area contributed by atoms with Crippen molar-refractivity contribution in [1.29, 1.82) is 0 Å². The van der Waals surface area contributed by atoms with Crippen molar-refractivity contribution >= 4 is 29.0 Å². The number of aryl methyl sites for hydroxylation is 1. The highest BCUT2D eigenvalue weighted by Gasteiger charge is 2.45. The first-order valence-corrected chi connectivity index (χ1v) is 15.5. The summed E-state index contributed by atoms with van der Waals surface area (Å²) in [5, 5.41) is 20.0. The van der Waals surface area contributed by atoms with E-state index in [9.17, 15) is 9.90 Å². The number of carbonyl (C=O) groups is 1. The van der Waals surface area contributed by atoms with Gasteiger partial charge in [-0.1, -0.05) is 55.5 Å². The number of benzene rings is 2. The summed E-state index contributed by atoms with van der Waals surface area (Å²) in [6.07, 6.45) is 5.07. The fraction of sp³-hybridized carbons (Fsp3) is 0.452. The second-order valence-electron chi connectivity index (χ2n) is 10.6. The molecule has 5 nitrogen and oxygen atoms in total. The lowest BCUT2D eigenvalue weighted by Crippen LogP contribution is -2.53. The number of ether oxygens (including phenoxy) is 1. The fourth-order valence-corrected chi connectivity index (χ4v) is 7.37. The van der Waals surface area contributed by atoms with Crippen LogP contribution in [0.15, 0.2) is 70.3 Å². The molecule has 1 aromatic heterocycles. The summed E-state index contributed by atoms with van der Waals surface area (Å²) in [5.41, 5.74) is 3.47. The Morgan fingerprint density at radius 1 is 1.16 bits per heavy atom. The zero-order valence-corrected chi connectivity index (χ0v) is 23.8. The molecule has 1 saturated carbocycles. The molecule has 0 saturated heterocycles. The van der Waals surface area contributed by atoms with E-state index in [4.69, 9.17) is 4.74 Å². The van der Waals surface area contributed by atoms with Gasteiger partial charge in [0.25, 0.3) is 0 Å².